The molecule has 2 aliphatic heterocycles. The van der Waals surface area contributed by atoms with E-state index in [1.165, 1.54) is 5.56 Å². The van der Waals surface area contributed by atoms with Crippen LogP contribution < -0.4 is 15.8 Å². The first kappa shape index (κ1) is 20.9. The van der Waals surface area contributed by atoms with Crippen molar-refractivity contribution in [1.82, 2.24) is 15.0 Å². The largest absolute Gasteiger partial charge is 0.342 e. The molecule has 8 heteroatoms. The minimum absolute atomic E-state index is 0.215. The standard InChI is InChI=1S/C25H24N6O2/c26-15-18-20(19-8-4-5-11-27-19)21-22(28-23(18)32)29-25(30-24(21)33)31-12-9-17(10-13-31)14-16-6-2-1-3-7-16/h1-8,11,17-18,20H,9-10,12-14H2,(H2,28,29,30,32,33). The molecule has 1 fully saturated rings. The lowest BCUT2D eigenvalue weighted by Crippen LogP contribution is -2.41. The highest BCUT2D eigenvalue weighted by Crippen LogP contribution is 2.37. The molecule has 4 heterocycles. The first-order valence-corrected chi connectivity index (χ1v) is 11.2. The van der Waals surface area contributed by atoms with E-state index in [1.54, 1.807) is 24.4 Å². The van der Waals surface area contributed by atoms with Gasteiger partial charge in [-0.1, -0.05) is 36.4 Å². The summed E-state index contributed by atoms with van der Waals surface area (Å²) in [5.41, 5.74) is 1.77. The number of hydrogen-bond donors (Lipinski definition) is 2. The number of nitriles is 1. The first-order valence-electron chi connectivity index (χ1n) is 11.2. The highest BCUT2D eigenvalue weighted by Gasteiger charge is 2.41. The number of hydrogen-bond acceptors (Lipinski definition) is 6. The summed E-state index contributed by atoms with van der Waals surface area (Å²) < 4.78 is 0. The maximum Gasteiger partial charge on any atom is 0.258 e. The molecule has 0 saturated carbocycles. The van der Waals surface area contributed by atoms with Gasteiger partial charge in [0, 0.05) is 19.3 Å². The smallest absolute Gasteiger partial charge is 0.258 e. The summed E-state index contributed by atoms with van der Waals surface area (Å²) in [6.45, 7) is 1.55. The second-order valence-corrected chi connectivity index (χ2v) is 8.60. The number of nitrogens with zero attached hydrogens (tertiary/aromatic N) is 4. The van der Waals surface area contributed by atoms with Gasteiger partial charge in [0.25, 0.3) is 5.56 Å². The van der Waals surface area contributed by atoms with Gasteiger partial charge in [-0.05, 0) is 42.9 Å². The molecule has 166 valence electrons. The van der Waals surface area contributed by atoms with Crippen LogP contribution in [0.2, 0.25) is 0 Å². The Labute approximate surface area is 191 Å². The van der Waals surface area contributed by atoms with Crippen molar-refractivity contribution in [2.24, 2.45) is 11.8 Å². The topological polar surface area (TPSA) is 115 Å². The lowest BCUT2D eigenvalue weighted by molar-refractivity contribution is -0.119. The molecule has 0 bridgehead atoms. The van der Waals surface area contributed by atoms with Crippen molar-refractivity contribution in [2.75, 3.05) is 23.3 Å². The van der Waals surface area contributed by atoms with E-state index in [0.29, 0.717) is 17.6 Å². The van der Waals surface area contributed by atoms with E-state index in [9.17, 15) is 14.9 Å². The quantitative estimate of drug-likeness (QED) is 0.645. The van der Waals surface area contributed by atoms with Crippen LogP contribution in [0.25, 0.3) is 0 Å². The number of H-pyrrole nitrogens is 1. The molecule has 1 aromatic carbocycles. The number of nitrogens with one attached hydrogen (secondary N) is 2. The Balaban J connectivity index is 1.40. The third kappa shape index (κ3) is 4.10. The predicted octanol–water partition coefficient (Wildman–Crippen LogP) is 2.85. The van der Waals surface area contributed by atoms with Crippen LogP contribution in [0.15, 0.2) is 59.5 Å². The zero-order chi connectivity index (χ0) is 22.8. The normalized spacial score (nSPS) is 20.6. The van der Waals surface area contributed by atoms with Gasteiger partial charge < -0.3 is 10.2 Å². The maximum absolute atomic E-state index is 13.2. The van der Waals surface area contributed by atoms with E-state index < -0.39 is 17.7 Å². The van der Waals surface area contributed by atoms with Gasteiger partial charge in [-0.3, -0.25) is 19.6 Å². The van der Waals surface area contributed by atoms with Gasteiger partial charge in [0.15, 0.2) is 0 Å². The zero-order valence-electron chi connectivity index (χ0n) is 18.1. The van der Waals surface area contributed by atoms with Crippen LogP contribution in [-0.4, -0.2) is 33.9 Å². The van der Waals surface area contributed by atoms with E-state index in [1.807, 2.05) is 12.1 Å². The summed E-state index contributed by atoms with van der Waals surface area (Å²) >= 11 is 0. The molecule has 0 aliphatic carbocycles. The fraction of sp³-hybridized carbons (Fsp3) is 0.320. The number of anilines is 2. The van der Waals surface area contributed by atoms with Crippen LogP contribution in [0.5, 0.6) is 0 Å². The SMILES string of the molecule is N#CC1C(=O)Nc2nc(N3CCC(Cc4ccccc4)CC3)[nH]c(=O)c2C1c1ccccn1. The van der Waals surface area contributed by atoms with Crippen LogP contribution in [0.3, 0.4) is 0 Å². The number of fused-ring (bicyclic) bond motifs is 1. The highest BCUT2D eigenvalue weighted by molar-refractivity contribution is 5.97. The first-order chi connectivity index (χ1) is 16.1. The molecule has 33 heavy (non-hydrogen) atoms. The molecule has 0 radical (unpaired) electrons. The van der Waals surface area contributed by atoms with Crippen molar-refractivity contribution < 1.29 is 4.79 Å². The van der Waals surface area contributed by atoms with E-state index in [0.717, 1.165) is 32.4 Å². The number of carbonyl (C=O) groups excluding carboxylic acids is 1. The maximum atomic E-state index is 13.2. The zero-order valence-corrected chi connectivity index (χ0v) is 18.1. The van der Waals surface area contributed by atoms with Gasteiger partial charge in [0.05, 0.1) is 23.2 Å². The molecule has 2 aliphatic rings. The molecule has 1 saturated heterocycles. The number of piperidine rings is 1. The fourth-order valence-corrected chi connectivity index (χ4v) is 4.82. The molecule has 2 unspecified atom stereocenters. The van der Waals surface area contributed by atoms with Crippen molar-refractivity contribution in [1.29, 1.82) is 5.26 Å². The van der Waals surface area contributed by atoms with E-state index in [2.05, 4.69) is 49.4 Å². The Kier molecular flexibility index (Phi) is 5.61. The molecule has 2 N–H and O–H groups in total. The van der Waals surface area contributed by atoms with Crippen LogP contribution in [0.4, 0.5) is 11.8 Å². The Morgan fingerprint density at radius 1 is 1.06 bits per heavy atom. The van der Waals surface area contributed by atoms with Gasteiger partial charge in [0.1, 0.15) is 11.7 Å². The third-order valence-corrected chi connectivity index (χ3v) is 6.54. The Bertz CT molecular complexity index is 1240. The number of rotatable bonds is 4. The predicted molar refractivity (Wildman–Crippen MR) is 124 cm³/mol. The minimum atomic E-state index is -1.05. The molecule has 2 atom stereocenters. The van der Waals surface area contributed by atoms with Gasteiger partial charge in [0.2, 0.25) is 11.9 Å². The Morgan fingerprint density at radius 2 is 1.82 bits per heavy atom. The second-order valence-electron chi connectivity index (χ2n) is 8.60. The molecule has 5 rings (SSSR count). The van der Waals surface area contributed by atoms with Crippen molar-refractivity contribution >= 4 is 17.7 Å². The highest BCUT2D eigenvalue weighted by atomic mass is 16.2. The molecular formula is C25H24N6O2. The summed E-state index contributed by atoms with van der Waals surface area (Å²) in [6.07, 6.45) is 4.62. The van der Waals surface area contributed by atoms with Gasteiger partial charge in [-0.25, -0.2) is 0 Å². The number of amides is 1. The number of pyridine rings is 1. The summed E-state index contributed by atoms with van der Waals surface area (Å²) in [5, 5.41) is 12.3. The van der Waals surface area contributed by atoms with Crippen LogP contribution >= 0.6 is 0 Å². The average Bonchev–Trinajstić information content (AvgIpc) is 2.84. The van der Waals surface area contributed by atoms with Crippen molar-refractivity contribution in [3.63, 3.8) is 0 Å². The second kappa shape index (κ2) is 8.87. The molecule has 1 amide bonds. The molecule has 0 spiro atoms. The Hall–Kier alpha value is -3.99. The van der Waals surface area contributed by atoms with Crippen molar-refractivity contribution in [3.05, 3.63) is 81.9 Å². The molecule has 3 aromatic rings. The van der Waals surface area contributed by atoms with Crippen LogP contribution in [0.1, 0.15) is 35.6 Å². The minimum Gasteiger partial charge on any atom is -0.342 e. The summed E-state index contributed by atoms with van der Waals surface area (Å²) in [6, 6.07) is 17.8. The lowest BCUT2D eigenvalue weighted by atomic mass is 9.81. The summed E-state index contributed by atoms with van der Waals surface area (Å²) in [4.78, 5) is 39.7. The number of aromatic nitrogens is 3. The van der Waals surface area contributed by atoms with Gasteiger partial charge in [-0.15, -0.1) is 0 Å². The van der Waals surface area contributed by atoms with E-state index >= 15 is 0 Å². The summed E-state index contributed by atoms with van der Waals surface area (Å²) in [7, 11) is 0. The molecule has 2 aromatic heterocycles. The molecular weight excluding hydrogens is 416 g/mol. The average molecular weight is 441 g/mol. The van der Waals surface area contributed by atoms with E-state index in [4.69, 9.17) is 0 Å². The van der Waals surface area contributed by atoms with E-state index in [-0.39, 0.29) is 16.9 Å². The Morgan fingerprint density at radius 3 is 2.52 bits per heavy atom. The van der Waals surface area contributed by atoms with Gasteiger partial charge >= 0.3 is 0 Å². The van der Waals surface area contributed by atoms with Crippen molar-refractivity contribution in [3.8, 4) is 6.07 Å². The van der Waals surface area contributed by atoms with Crippen LogP contribution in [-0.2, 0) is 11.2 Å². The third-order valence-electron chi connectivity index (χ3n) is 6.54. The molecule has 8 nitrogen and oxygen atoms in total. The number of benzene rings is 1. The van der Waals surface area contributed by atoms with Gasteiger partial charge in [-0.2, -0.15) is 10.2 Å². The van der Waals surface area contributed by atoms with Crippen LogP contribution in [0, 0.1) is 23.2 Å². The number of aromatic amines is 1. The fourth-order valence-electron chi connectivity index (χ4n) is 4.82. The van der Waals surface area contributed by atoms with Crippen molar-refractivity contribution in [2.45, 2.75) is 25.2 Å². The summed E-state index contributed by atoms with van der Waals surface area (Å²) in [5.74, 6) is -1.03. The monoisotopic (exact) mass is 440 g/mol. The number of carbonyl (C=O) groups is 1. The lowest BCUT2D eigenvalue weighted by Gasteiger charge is -2.33.